The second-order valence-electron chi connectivity index (χ2n) is 10.6. The zero-order chi connectivity index (χ0) is 29.7. The number of nitrogens with one attached hydrogen (secondary N) is 2. The molecule has 2 aliphatic rings. The van der Waals surface area contributed by atoms with Gasteiger partial charge in [-0.2, -0.15) is 22.7 Å². The quantitative estimate of drug-likeness (QED) is 0.179. The molecule has 6 rings (SSSR count). The lowest BCUT2D eigenvalue weighted by Crippen LogP contribution is -2.29. The van der Waals surface area contributed by atoms with E-state index in [1.54, 1.807) is 22.7 Å². The van der Waals surface area contributed by atoms with Crippen molar-refractivity contribution in [1.82, 2.24) is 15.6 Å². The molecule has 230 valence electrons. The predicted octanol–water partition coefficient (Wildman–Crippen LogP) is 8.40. The van der Waals surface area contributed by atoms with Gasteiger partial charge in [0.25, 0.3) is 0 Å². The first-order chi connectivity index (χ1) is 20.7. The fourth-order valence-electron chi connectivity index (χ4n) is 6.01. The molecule has 7 heteroatoms. The molecule has 4 aromatic rings. The zero-order valence-electron chi connectivity index (χ0n) is 26.1. The molecule has 1 aromatic carbocycles. The Morgan fingerprint density at radius 2 is 1.43 bits per heavy atom. The molecule has 0 saturated heterocycles. The zero-order valence-corrected chi connectivity index (χ0v) is 27.7. The second kappa shape index (κ2) is 16.8. The van der Waals surface area contributed by atoms with Crippen LogP contribution >= 0.6 is 22.7 Å². The summed E-state index contributed by atoms with van der Waals surface area (Å²) >= 11 is 3.58. The lowest BCUT2D eigenvalue weighted by Gasteiger charge is -2.30. The summed E-state index contributed by atoms with van der Waals surface area (Å²) in [6.45, 7) is 10.5. The van der Waals surface area contributed by atoms with Crippen LogP contribution in [0.2, 0.25) is 0 Å². The van der Waals surface area contributed by atoms with E-state index < -0.39 is 0 Å². The Balaban J connectivity index is 0.000000280. The van der Waals surface area contributed by atoms with Crippen LogP contribution in [0.1, 0.15) is 76.5 Å². The van der Waals surface area contributed by atoms with E-state index >= 15 is 0 Å². The highest BCUT2D eigenvalue weighted by Gasteiger charge is 2.29. The first-order valence-corrected chi connectivity index (χ1v) is 17.5. The average Bonchev–Trinajstić information content (AvgIpc) is 3.87. The molecule has 2 N–H and O–H groups in total. The van der Waals surface area contributed by atoms with E-state index in [2.05, 4.69) is 96.3 Å². The molecule has 0 bridgehead atoms. The number of aromatic nitrogens is 1. The SMILES string of the molecule is CC.CCc1cnc2c(c1)N([C@@H](CCNC)c1ccsc1)CC2.CNCCC(c1ccsc1)N1CCc2ccccc21.[HH].[HH]. The van der Waals surface area contributed by atoms with Gasteiger partial charge in [0, 0.05) is 34.2 Å². The smallest absolute Gasteiger partial charge is 0.0654 e. The summed E-state index contributed by atoms with van der Waals surface area (Å²) in [4.78, 5) is 9.80. The van der Waals surface area contributed by atoms with E-state index in [1.807, 2.05) is 34.1 Å². The molecule has 0 aliphatic carbocycles. The van der Waals surface area contributed by atoms with Gasteiger partial charge in [-0.15, -0.1) is 0 Å². The van der Waals surface area contributed by atoms with Crippen molar-refractivity contribution in [2.45, 2.75) is 65.0 Å². The molecule has 0 amide bonds. The minimum atomic E-state index is 0. The lowest BCUT2D eigenvalue weighted by atomic mass is 10.0. The van der Waals surface area contributed by atoms with Gasteiger partial charge < -0.3 is 20.4 Å². The maximum atomic E-state index is 4.67. The first-order valence-electron chi connectivity index (χ1n) is 15.7. The molecule has 0 radical (unpaired) electrons. The lowest BCUT2D eigenvalue weighted by molar-refractivity contribution is 0.570. The van der Waals surface area contributed by atoms with Crippen LogP contribution in [0.5, 0.6) is 0 Å². The molecule has 0 fully saturated rings. The summed E-state index contributed by atoms with van der Waals surface area (Å²) in [6.07, 6.45) is 7.61. The third kappa shape index (κ3) is 7.81. The molecule has 1 unspecified atom stereocenters. The Hall–Kier alpha value is -2.71. The molecule has 5 nitrogen and oxygen atoms in total. The molecule has 3 aromatic heterocycles. The Morgan fingerprint density at radius 3 is 2.00 bits per heavy atom. The van der Waals surface area contributed by atoms with Gasteiger partial charge in [0.05, 0.1) is 23.5 Å². The van der Waals surface area contributed by atoms with Gasteiger partial charge in [-0.05, 0) is 121 Å². The molecule has 2 aliphatic heterocycles. The van der Waals surface area contributed by atoms with E-state index in [4.69, 9.17) is 0 Å². The largest absolute Gasteiger partial charge is 0.364 e. The summed E-state index contributed by atoms with van der Waals surface area (Å²) in [5.41, 5.74) is 9.75. The van der Waals surface area contributed by atoms with Crippen LogP contribution in [-0.4, -0.2) is 45.3 Å². The monoisotopic (exact) mass is 607 g/mol. The molecule has 2 atom stereocenters. The summed E-state index contributed by atoms with van der Waals surface area (Å²) in [5, 5.41) is 15.5. The number of para-hydroxylation sites is 1. The van der Waals surface area contributed by atoms with Crippen LogP contribution in [0.25, 0.3) is 0 Å². The van der Waals surface area contributed by atoms with Crippen molar-refractivity contribution in [1.29, 1.82) is 0 Å². The highest BCUT2D eigenvalue weighted by Crippen LogP contribution is 2.38. The van der Waals surface area contributed by atoms with Crippen molar-refractivity contribution in [3.05, 3.63) is 98.1 Å². The van der Waals surface area contributed by atoms with E-state index in [-0.39, 0.29) is 2.85 Å². The maximum Gasteiger partial charge on any atom is 0.0654 e. The number of rotatable bonds is 11. The highest BCUT2D eigenvalue weighted by molar-refractivity contribution is 7.08. The van der Waals surface area contributed by atoms with Gasteiger partial charge in [0.1, 0.15) is 0 Å². The number of fused-ring (bicyclic) bond motifs is 2. The summed E-state index contributed by atoms with van der Waals surface area (Å²) < 4.78 is 0. The normalized spacial score (nSPS) is 14.8. The highest BCUT2D eigenvalue weighted by atomic mass is 32.1. The Kier molecular flexibility index (Phi) is 12.9. The Labute approximate surface area is 265 Å². The van der Waals surface area contributed by atoms with Gasteiger partial charge in [0.2, 0.25) is 0 Å². The number of aryl methyl sites for hydroxylation is 1. The molecule has 42 heavy (non-hydrogen) atoms. The number of hydrogen-bond donors (Lipinski definition) is 2. The summed E-state index contributed by atoms with van der Waals surface area (Å²) in [5.74, 6) is 0. The summed E-state index contributed by atoms with van der Waals surface area (Å²) in [6, 6.07) is 16.7. The Morgan fingerprint density at radius 1 is 0.833 bits per heavy atom. The van der Waals surface area contributed by atoms with E-state index in [1.165, 1.54) is 45.7 Å². The average molecular weight is 608 g/mol. The fraction of sp³-hybridized carbons (Fsp3) is 0.457. The number of pyridine rings is 1. The van der Waals surface area contributed by atoms with Gasteiger partial charge in [-0.25, -0.2) is 0 Å². The first kappa shape index (κ1) is 32.2. The van der Waals surface area contributed by atoms with Crippen LogP contribution in [0.3, 0.4) is 0 Å². The molecular weight excluding hydrogens is 555 g/mol. The van der Waals surface area contributed by atoms with E-state index in [0.717, 1.165) is 51.9 Å². The van der Waals surface area contributed by atoms with Crippen molar-refractivity contribution >= 4 is 34.0 Å². The second-order valence-corrected chi connectivity index (χ2v) is 12.2. The molecular formula is C35H53N5S2. The van der Waals surface area contributed by atoms with Crippen LogP contribution in [0.15, 0.2) is 70.2 Å². The third-order valence-corrected chi connectivity index (χ3v) is 9.58. The third-order valence-electron chi connectivity index (χ3n) is 8.18. The Bertz CT molecular complexity index is 1320. The minimum Gasteiger partial charge on any atom is -0.364 e. The molecule has 5 heterocycles. The molecule has 0 spiro atoms. The van der Waals surface area contributed by atoms with E-state index in [9.17, 15) is 0 Å². The topological polar surface area (TPSA) is 43.4 Å². The fourth-order valence-corrected chi connectivity index (χ4v) is 7.43. The van der Waals surface area contributed by atoms with Gasteiger partial charge in [-0.1, -0.05) is 39.0 Å². The van der Waals surface area contributed by atoms with Crippen LogP contribution in [0.4, 0.5) is 11.4 Å². The number of hydrogen-bond acceptors (Lipinski definition) is 7. The van der Waals surface area contributed by atoms with Crippen molar-refractivity contribution in [3.8, 4) is 0 Å². The van der Waals surface area contributed by atoms with Gasteiger partial charge in [-0.3, -0.25) is 4.98 Å². The van der Waals surface area contributed by atoms with Crippen molar-refractivity contribution in [2.75, 3.05) is 50.1 Å². The minimum absolute atomic E-state index is 0. The van der Waals surface area contributed by atoms with Crippen molar-refractivity contribution in [3.63, 3.8) is 0 Å². The standard InChI is InChI=1S/C17H23N3S.C16H20N2S.C2H6.2H2/c1-3-13-10-17-15(19-11-13)5-8-20(17)16(4-7-18-2)14-6-9-21-12-14;1-17-9-6-16(14-8-11-19-12-14)18-10-7-13-4-2-3-5-15(13)18;1-2;;/h6,9-12,16,18H,3-5,7-8H2,1-2H3;2-5,8,11-12,16-17H,6-7,9-10H2,1H3;1-2H3;2*1H/t16-;;;;/m0..../s1. The van der Waals surface area contributed by atoms with Crippen LogP contribution in [0, 0.1) is 0 Å². The maximum absolute atomic E-state index is 4.67. The van der Waals surface area contributed by atoms with Gasteiger partial charge in [0.15, 0.2) is 0 Å². The van der Waals surface area contributed by atoms with E-state index in [0.29, 0.717) is 12.1 Å². The van der Waals surface area contributed by atoms with Crippen LogP contribution < -0.4 is 20.4 Å². The number of anilines is 2. The van der Waals surface area contributed by atoms with Crippen molar-refractivity contribution in [2.24, 2.45) is 0 Å². The number of thiophene rings is 2. The summed E-state index contributed by atoms with van der Waals surface area (Å²) in [7, 11) is 4.06. The predicted molar refractivity (Wildman–Crippen MR) is 189 cm³/mol. The van der Waals surface area contributed by atoms with Crippen LogP contribution in [-0.2, 0) is 19.3 Å². The van der Waals surface area contributed by atoms with Gasteiger partial charge >= 0.3 is 0 Å². The van der Waals surface area contributed by atoms with Crippen molar-refractivity contribution < 1.29 is 2.85 Å². The molecule has 0 saturated carbocycles. The number of benzene rings is 1. The number of nitrogens with zero attached hydrogens (tertiary/aromatic N) is 3.